The molecule has 11 heteroatoms. The Morgan fingerprint density at radius 2 is 1.75 bits per heavy atom. The molecule has 0 saturated carbocycles. The summed E-state index contributed by atoms with van der Waals surface area (Å²) >= 11 is 1.51. The number of hydrogen-bond acceptors (Lipinski definition) is 7. The second kappa shape index (κ2) is 14.2. The number of aliphatic hydroxyl groups excluding tert-OH is 1. The molecule has 5 aromatic rings. The first-order valence-electron chi connectivity index (χ1n) is 15.8. The standard InChI is InChI=1S/C37H37N5O5S/c1-23-20-42(24(2)22-43)36(45)29-11-7-13-31(39-34(44)26-14-16-27(17-15-26)35-38-18-19-48-35)33(29)47-32(23)21-41(3)37(46)40-30-12-6-9-25-8-4-5-10-28(25)30/h4-19,23-24,32,43H,20-22H2,1-3H3,(H,39,44)(H,40,46)/t23-,24+,32-/m0/s1. The van der Waals surface area contributed by atoms with Crippen LogP contribution in [0.4, 0.5) is 16.2 Å². The number of ether oxygens (including phenoxy) is 1. The fraction of sp³-hybridized carbons (Fsp3) is 0.243. The molecule has 3 atom stereocenters. The molecule has 1 aliphatic rings. The van der Waals surface area contributed by atoms with E-state index in [-0.39, 0.29) is 48.2 Å². The van der Waals surface area contributed by atoms with Crippen LogP contribution in [-0.2, 0) is 0 Å². The smallest absolute Gasteiger partial charge is 0.321 e. The van der Waals surface area contributed by atoms with E-state index >= 15 is 0 Å². The maximum absolute atomic E-state index is 13.9. The second-order valence-electron chi connectivity index (χ2n) is 12.0. The van der Waals surface area contributed by atoms with E-state index in [9.17, 15) is 19.5 Å². The van der Waals surface area contributed by atoms with Crippen LogP contribution in [0.15, 0.2) is 96.5 Å². The zero-order valence-corrected chi connectivity index (χ0v) is 27.7. The molecule has 10 nitrogen and oxygen atoms in total. The Labute approximate surface area is 283 Å². The number of thiazole rings is 1. The third-order valence-corrected chi connectivity index (χ3v) is 9.42. The second-order valence-corrected chi connectivity index (χ2v) is 12.9. The van der Waals surface area contributed by atoms with Gasteiger partial charge in [-0.3, -0.25) is 9.59 Å². The predicted octanol–water partition coefficient (Wildman–Crippen LogP) is 6.60. The molecule has 1 aromatic heterocycles. The van der Waals surface area contributed by atoms with Crippen molar-refractivity contribution in [3.8, 4) is 16.3 Å². The Hall–Kier alpha value is -5.26. The minimum atomic E-state index is -0.566. The van der Waals surface area contributed by atoms with Crippen LogP contribution >= 0.6 is 11.3 Å². The van der Waals surface area contributed by atoms with Gasteiger partial charge in [-0.2, -0.15) is 0 Å². The molecule has 0 fully saturated rings. The van der Waals surface area contributed by atoms with E-state index in [0.29, 0.717) is 23.5 Å². The number of carbonyl (C=O) groups excluding carboxylic acids is 3. The molecule has 0 spiro atoms. The molecule has 3 N–H and O–H groups in total. The molecular formula is C37H37N5O5S. The molecular weight excluding hydrogens is 627 g/mol. The highest BCUT2D eigenvalue weighted by molar-refractivity contribution is 7.13. The maximum atomic E-state index is 13.9. The van der Waals surface area contributed by atoms with E-state index in [0.717, 1.165) is 21.3 Å². The van der Waals surface area contributed by atoms with Crippen LogP contribution in [0.2, 0.25) is 0 Å². The van der Waals surface area contributed by atoms with Crippen molar-refractivity contribution in [2.45, 2.75) is 26.0 Å². The molecule has 48 heavy (non-hydrogen) atoms. The van der Waals surface area contributed by atoms with Gasteiger partial charge in [-0.1, -0.05) is 61.5 Å². The van der Waals surface area contributed by atoms with Gasteiger partial charge in [0.05, 0.1) is 36.1 Å². The number of aromatic nitrogens is 1. The van der Waals surface area contributed by atoms with Crippen LogP contribution in [0.5, 0.6) is 5.75 Å². The van der Waals surface area contributed by atoms with Gasteiger partial charge in [0.2, 0.25) is 0 Å². The van der Waals surface area contributed by atoms with Gasteiger partial charge in [0.15, 0.2) is 5.75 Å². The minimum absolute atomic E-state index is 0.188. The zero-order chi connectivity index (χ0) is 33.8. The Morgan fingerprint density at radius 1 is 1.02 bits per heavy atom. The number of hydrogen-bond donors (Lipinski definition) is 3. The lowest BCUT2D eigenvalue weighted by Gasteiger charge is -2.38. The van der Waals surface area contributed by atoms with Crippen molar-refractivity contribution >= 4 is 51.3 Å². The number of nitrogens with zero attached hydrogens (tertiary/aromatic N) is 3. The molecule has 0 bridgehead atoms. The van der Waals surface area contributed by atoms with E-state index in [1.54, 1.807) is 60.3 Å². The summed E-state index contributed by atoms with van der Waals surface area (Å²) < 4.78 is 6.61. The number of fused-ring (bicyclic) bond motifs is 2. The molecule has 2 heterocycles. The summed E-state index contributed by atoms with van der Waals surface area (Å²) in [6.45, 7) is 3.99. The van der Waals surface area contributed by atoms with Crippen molar-refractivity contribution in [1.29, 1.82) is 0 Å². The van der Waals surface area contributed by atoms with Crippen molar-refractivity contribution in [3.63, 3.8) is 0 Å². The third kappa shape index (κ3) is 6.87. The van der Waals surface area contributed by atoms with Crippen LogP contribution in [-0.4, -0.2) is 76.6 Å². The lowest BCUT2D eigenvalue weighted by Crippen LogP contribution is -2.50. The van der Waals surface area contributed by atoms with Gasteiger partial charge in [0.25, 0.3) is 11.8 Å². The van der Waals surface area contributed by atoms with Gasteiger partial charge < -0.3 is 30.3 Å². The van der Waals surface area contributed by atoms with Crippen LogP contribution in [0, 0.1) is 5.92 Å². The fourth-order valence-corrected chi connectivity index (χ4v) is 6.43. The molecule has 0 saturated heterocycles. The van der Waals surface area contributed by atoms with E-state index in [1.165, 1.54) is 11.3 Å². The number of amides is 4. The van der Waals surface area contributed by atoms with Gasteiger partial charge in [-0.05, 0) is 42.6 Å². The quantitative estimate of drug-likeness (QED) is 0.172. The molecule has 0 unspecified atom stereocenters. The number of para-hydroxylation sites is 1. The molecule has 4 amide bonds. The topological polar surface area (TPSA) is 124 Å². The summed E-state index contributed by atoms with van der Waals surface area (Å²) in [5, 5.41) is 20.7. The largest absolute Gasteiger partial charge is 0.485 e. The van der Waals surface area contributed by atoms with E-state index in [2.05, 4.69) is 15.6 Å². The number of aliphatic hydroxyl groups is 1. The van der Waals surface area contributed by atoms with Gasteiger partial charge in [-0.15, -0.1) is 11.3 Å². The first kappa shape index (κ1) is 32.7. The molecule has 0 aliphatic carbocycles. The average molecular weight is 664 g/mol. The van der Waals surface area contributed by atoms with Gasteiger partial charge in [-0.25, -0.2) is 9.78 Å². The molecule has 246 valence electrons. The maximum Gasteiger partial charge on any atom is 0.321 e. The molecule has 4 aromatic carbocycles. The van der Waals surface area contributed by atoms with Crippen molar-refractivity contribution < 1.29 is 24.2 Å². The number of anilines is 2. The lowest BCUT2D eigenvalue weighted by molar-refractivity contribution is 0.0372. The number of likely N-dealkylation sites (N-methyl/N-ethyl adjacent to an activating group) is 1. The average Bonchev–Trinajstić information content (AvgIpc) is 3.65. The highest BCUT2D eigenvalue weighted by atomic mass is 32.1. The SMILES string of the molecule is C[C@H](CO)N1C[C@H](C)[C@H](CN(C)C(=O)Nc2cccc3ccccc23)Oc2c(NC(=O)c3ccc(-c4nccs4)cc3)cccc2C1=O. The lowest BCUT2D eigenvalue weighted by atomic mass is 9.99. The highest BCUT2D eigenvalue weighted by Crippen LogP contribution is 2.35. The van der Waals surface area contributed by atoms with Gasteiger partial charge in [0.1, 0.15) is 11.1 Å². The summed E-state index contributed by atoms with van der Waals surface area (Å²) in [5.41, 5.74) is 2.61. The number of carbonyl (C=O) groups is 3. The Bertz CT molecular complexity index is 1930. The monoisotopic (exact) mass is 663 g/mol. The Balaban J connectivity index is 1.27. The number of nitrogens with one attached hydrogen (secondary N) is 2. The van der Waals surface area contributed by atoms with Crippen LogP contribution in [0.3, 0.4) is 0 Å². The van der Waals surface area contributed by atoms with Crippen molar-refractivity contribution in [1.82, 2.24) is 14.8 Å². The van der Waals surface area contributed by atoms with Gasteiger partial charge >= 0.3 is 6.03 Å². The third-order valence-electron chi connectivity index (χ3n) is 8.60. The van der Waals surface area contributed by atoms with Crippen molar-refractivity contribution in [3.05, 3.63) is 108 Å². The van der Waals surface area contributed by atoms with Crippen molar-refractivity contribution in [2.24, 2.45) is 5.92 Å². The first-order chi connectivity index (χ1) is 23.2. The Kier molecular flexibility index (Phi) is 9.70. The molecule has 6 rings (SSSR count). The van der Waals surface area contributed by atoms with Gasteiger partial charge in [0, 0.05) is 47.6 Å². The Morgan fingerprint density at radius 3 is 2.50 bits per heavy atom. The van der Waals surface area contributed by atoms with Crippen molar-refractivity contribution in [2.75, 3.05) is 37.4 Å². The minimum Gasteiger partial charge on any atom is -0.485 e. The van der Waals surface area contributed by atoms with E-state index < -0.39 is 12.1 Å². The summed E-state index contributed by atoms with van der Waals surface area (Å²) in [4.78, 5) is 48.3. The molecule has 0 radical (unpaired) electrons. The normalized spacial score (nSPS) is 16.7. The summed E-state index contributed by atoms with van der Waals surface area (Å²) in [7, 11) is 1.69. The molecule has 1 aliphatic heterocycles. The highest BCUT2D eigenvalue weighted by Gasteiger charge is 2.35. The fourth-order valence-electron chi connectivity index (χ4n) is 5.78. The number of urea groups is 1. The summed E-state index contributed by atoms with van der Waals surface area (Å²) in [6.07, 6.45) is 1.17. The van der Waals surface area contributed by atoms with E-state index in [4.69, 9.17) is 4.74 Å². The summed E-state index contributed by atoms with van der Waals surface area (Å²) in [6, 6.07) is 25.0. The van der Waals surface area contributed by atoms with Crippen LogP contribution in [0.25, 0.3) is 21.3 Å². The summed E-state index contributed by atoms with van der Waals surface area (Å²) in [5.74, 6) is -0.720. The number of rotatable bonds is 8. The van der Waals surface area contributed by atoms with Crippen LogP contribution in [0.1, 0.15) is 34.6 Å². The van der Waals surface area contributed by atoms with Crippen LogP contribution < -0.4 is 15.4 Å². The zero-order valence-electron chi connectivity index (χ0n) is 26.9. The first-order valence-corrected chi connectivity index (χ1v) is 16.6. The predicted molar refractivity (Wildman–Crippen MR) is 189 cm³/mol. The van der Waals surface area contributed by atoms with E-state index in [1.807, 2.05) is 66.9 Å². The number of benzene rings is 4.